The average Bonchev–Trinajstić information content (AvgIpc) is 2.89. The van der Waals surface area contributed by atoms with Crippen molar-refractivity contribution in [3.63, 3.8) is 0 Å². The first-order chi connectivity index (χ1) is 10.7. The fourth-order valence-electron chi connectivity index (χ4n) is 2.65. The molecule has 0 spiro atoms. The maximum absolute atomic E-state index is 12.1. The van der Waals surface area contributed by atoms with Crippen LogP contribution in [0.5, 0.6) is 5.75 Å². The van der Waals surface area contributed by atoms with Gasteiger partial charge in [-0.3, -0.25) is 9.69 Å². The Balaban J connectivity index is 1.59. The zero-order valence-corrected chi connectivity index (χ0v) is 12.7. The van der Waals surface area contributed by atoms with Gasteiger partial charge in [0.25, 0.3) is 0 Å². The predicted octanol–water partition coefficient (Wildman–Crippen LogP) is 2.38. The lowest BCUT2D eigenvalue weighted by molar-refractivity contribution is -0.119. The van der Waals surface area contributed by atoms with Gasteiger partial charge >= 0.3 is 0 Å². The van der Waals surface area contributed by atoms with Crippen molar-refractivity contribution in [3.05, 3.63) is 41.7 Å². The van der Waals surface area contributed by atoms with Crippen molar-refractivity contribution in [2.75, 3.05) is 25.5 Å². The van der Waals surface area contributed by atoms with Gasteiger partial charge in [-0.05, 0) is 31.0 Å². The highest BCUT2D eigenvalue weighted by molar-refractivity contribution is 5.91. The normalized spacial score (nSPS) is 17.8. The number of aryl methyl sites for hydroxylation is 1. The first-order valence-corrected chi connectivity index (χ1v) is 7.27. The summed E-state index contributed by atoms with van der Waals surface area (Å²) in [5, 5.41) is 6.51. The van der Waals surface area contributed by atoms with Crippen LogP contribution in [0.3, 0.4) is 0 Å². The van der Waals surface area contributed by atoms with Crippen LogP contribution in [0.1, 0.15) is 23.8 Å². The van der Waals surface area contributed by atoms with Crippen LogP contribution in [0, 0.1) is 6.92 Å². The molecule has 1 amide bonds. The minimum absolute atomic E-state index is 0.0825. The summed E-state index contributed by atoms with van der Waals surface area (Å²) in [5.41, 5.74) is 1.18. The fourth-order valence-corrected chi connectivity index (χ4v) is 2.65. The van der Waals surface area contributed by atoms with Crippen molar-refractivity contribution < 1.29 is 14.1 Å². The number of methoxy groups -OCH3 is 1. The highest BCUT2D eigenvalue weighted by atomic mass is 16.5. The number of carbonyl (C=O) groups excluding carboxylic acids is 1. The SMILES string of the molecule is COc1cccc(C2CCN2CC(=O)Nc2cc(C)on2)c1. The molecule has 2 heterocycles. The summed E-state index contributed by atoms with van der Waals surface area (Å²) in [6.45, 7) is 3.04. The third-order valence-corrected chi connectivity index (χ3v) is 3.85. The zero-order chi connectivity index (χ0) is 15.5. The number of likely N-dealkylation sites (tertiary alicyclic amines) is 1. The van der Waals surface area contributed by atoms with E-state index in [0.717, 1.165) is 18.7 Å². The molecular weight excluding hydrogens is 282 g/mol. The molecule has 0 saturated carbocycles. The van der Waals surface area contributed by atoms with Crippen molar-refractivity contribution in [3.8, 4) is 5.75 Å². The molecule has 1 saturated heterocycles. The highest BCUT2D eigenvalue weighted by Gasteiger charge is 2.31. The molecule has 0 bridgehead atoms. The summed E-state index contributed by atoms with van der Waals surface area (Å²) in [6.07, 6.45) is 1.05. The maximum Gasteiger partial charge on any atom is 0.239 e. The molecule has 22 heavy (non-hydrogen) atoms. The smallest absolute Gasteiger partial charge is 0.239 e. The van der Waals surface area contributed by atoms with Gasteiger partial charge in [0.05, 0.1) is 13.7 Å². The second-order valence-electron chi connectivity index (χ2n) is 5.42. The van der Waals surface area contributed by atoms with E-state index in [9.17, 15) is 4.79 Å². The summed E-state index contributed by atoms with van der Waals surface area (Å²) in [4.78, 5) is 14.2. The number of benzene rings is 1. The molecule has 2 aromatic rings. The Labute approximate surface area is 129 Å². The van der Waals surface area contributed by atoms with E-state index in [2.05, 4.69) is 21.4 Å². The van der Waals surface area contributed by atoms with E-state index in [4.69, 9.17) is 9.26 Å². The number of ether oxygens (including phenoxy) is 1. The molecule has 116 valence electrons. The van der Waals surface area contributed by atoms with Crippen LogP contribution in [-0.4, -0.2) is 36.2 Å². The van der Waals surface area contributed by atoms with Crippen molar-refractivity contribution in [2.45, 2.75) is 19.4 Å². The van der Waals surface area contributed by atoms with Gasteiger partial charge in [-0.15, -0.1) is 0 Å². The minimum Gasteiger partial charge on any atom is -0.497 e. The van der Waals surface area contributed by atoms with Crippen molar-refractivity contribution in [1.82, 2.24) is 10.1 Å². The van der Waals surface area contributed by atoms with Gasteiger partial charge in [-0.2, -0.15) is 0 Å². The van der Waals surface area contributed by atoms with Gasteiger partial charge in [0, 0.05) is 18.7 Å². The van der Waals surface area contributed by atoms with E-state index in [0.29, 0.717) is 18.1 Å². The van der Waals surface area contributed by atoms with Crippen molar-refractivity contribution in [2.24, 2.45) is 0 Å². The average molecular weight is 301 g/mol. The monoisotopic (exact) mass is 301 g/mol. The fraction of sp³-hybridized carbons (Fsp3) is 0.375. The number of aromatic nitrogens is 1. The topological polar surface area (TPSA) is 67.6 Å². The Morgan fingerprint density at radius 3 is 3.00 bits per heavy atom. The highest BCUT2D eigenvalue weighted by Crippen LogP contribution is 2.34. The van der Waals surface area contributed by atoms with Gasteiger partial charge in [0.1, 0.15) is 11.5 Å². The Morgan fingerprint density at radius 2 is 2.36 bits per heavy atom. The summed E-state index contributed by atoms with van der Waals surface area (Å²) >= 11 is 0. The molecular formula is C16H19N3O3. The van der Waals surface area contributed by atoms with Crippen LogP contribution in [0.15, 0.2) is 34.9 Å². The number of anilines is 1. The van der Waals surface area contributed by atoms with E-state index in [1.54, 1.807) is 20.1 Å². The first-order valence-electron chi connectivity index (χ1n) is 7.27. The Bertz CT molecular complexity index is 668. The van der Waals surface area contributed by atoms with E-state index in [1.165, 1.54) is 5.56 Å². The summed E-state index contributed by atoms with van der Waals surface area (Å²) < 4.78 is 10.2. The van der Waals surface area contributed by atoms with Crippen LogP contribution in [0.2, 0.25) is 0 Å². The molecule has 6 nitrogen and oxygen atoms in total. The van der Waals surface area contributed by atoms with E-state index in [1.807, 2.05) is 18.2 Å². The summed E-state index contributed by atoms with van der Waals surface area (Å²) in [7, 11) is 1.66. The number of hydrogen-bond acceptors (Lipinski definition) is 5. The molecule has 0 aliphatic carbocycles. The van der Waals surface area contributed by atoms with E-state index >= 15 is 0 Å². The van der Waals surface area contributed by atoms with Gasteiger partial charge in [-0.25, -0.2) is 0 Å². The molecule has 1 aromatic carbocycles. The lowest BCUT2D eigenvalue weighted by Crippen LogP contribution is -2.45. The maximum atomic E-state index is 12.1. The number of rotatable bonds is 5. The number of carbonyl (C=O) groups is 1. The van der Waals surface area contributed by atoms with Crippen molar-refractivity contribution >= 4 is 11.7 Å². The van der Waals surface area contributed by atoms with Crippen LogP contribution >= 0.6 is 0 Å². The summed E-state index contributed by atoms with van der Waals surface area (Å²) in [6, 6.07) is 9.95. The van der Waals surface area contributed by atoms with Crippen LogP contribution in [0.4, 0.5) is 5.82 Å². The number of nitrogens with zero attached hydrogens (tertiary/aromatic N) is 2. The largest absolute Gasteiger partial charge is 0.497 e. The second kappa shape index (κ2) is 6.19. The molecule has 1 unspecified atom stereocenters. The summed E-state index contributed by atoms with van der Waals surface area (Å²) in [5.74, 6) is 1.89. The third kappa shape index (κ3) is 3.12. The predicted molar refractivity (Wildman–Crippen MR) is 81.8 cm³/mol. The van der Waals surface area contributed by atoms with Gasteiger partial charge in [0.15, 0.2) is 5.82 Å². The molecule has 1 N–H and O–H groups in total. The van der Waals surface area contributed by atoms with Gasteiger partial charge in [-0.1, -0.05) is 17.3 Å². The third-order valence-electron chi connectivity index (χ3n) is 3.85. The molecule has 0 radical (unpaired) electrons. The van der Waals surface area contributed by atoms with E-state index < -0.39 is 0 Å². The standard InChI is InChI=1S/C16H19N3O3/c1-11-8-15(18-22-11)17-16(20)10-19-7-6-14(19)12-4-3-5-13(9-12)21-2/h3-5,8-9,14H,6-7,10H2,1-2H3,(H,17,18,20). The van der Waals surface area contributed by atoms with E-state index in [-0.39, 0.29) is 11.9 Å². The lowest BCUT2D eigenvalue weighted by atomic mass is 9.94. The molecule has 1 aliphatic rings. The minimum atomic E-state index is -0.0825. The Morgan fingerprint density at radius 1 is 1.50 bits per heavy atom. The van der Waals surface area contributed by atoms with Crippen molar-refractivity contribution in [1.29, 1.82) is 0 Å². The van der Waals surface area contributed by atoms with Crippen LogP contribution in [-0.2, 0) is 4.79 Å². The lowest BCUT2D eigenvalue weighted by Gasteiger charge is -2.40. The molecule has 6 heteroatoms. The number of hydrogen-bond donors (Lipinski definition) is 1. The number of nitrogens with one attached hydrogen (secondary N) is 1. The molecule has 1 aromatic heterocycles. The second-order valence-corrected chi connectivity index (χ2v) is 5.42. The molecule has 1 fully saturated rings. The quantitative estimate of drug-likeness (QED) is 0.918. The van der Waals surface area contributed by atoms with Gasteiger partial charge < -0.3 is 14.6 Å². The molecule has 3 rings (SSSR count). The number of amides is 1. The zero-order valence-electron chi connectivity index (χ0n) is 12.7. The van der Waals surface area contributed by atoms with Crippen LogP contribution < -0.4 is 10.1 Å². The Hall–Kier alpha value is -2.34. The van der Waals surface area contributed by atoms with Gasteiger partial charge in [0.2, 0.25) is 5.91 Å². The van der Waals surface area contributed by atoms with Crippen LogP contribution in [0.25, 0.3) is 0 Å². The molecule has 1 atom stereocenters. The Kier molecular flexibility index (Phi) is 4.11. The first kappa shape index (κ1) is 14.6. The molecule has 1 aliphatic heterocycles.